The maximum absolute atomic E-state index is 13.6. The average molecular weight is 434 g/mol. The maximum atomic E-state index is 13.6. The van der Waals surface area contributed by atoms with E-state index in [4.69, 9.17) is 10.5 Å². The second-order valence-corrected chi connectivity index (χ2v) is 6.45. The molecule has 30 heavy (non-hydrogen) atoms. The number of halogens is 4. The molecule has 0 unspecified atom stereocenters. The number of primary amides is 1. The molecule has 1 aliphatic heterocycles. The monoisotopic (exact) mass is 434 g/mol. The average Bonchev–Trinajstić information content (AvgIpc) is 2.67. The van der Waals surface area contributed by atoms with Gasteiger partial charge in [0.25, 0.3) is 24.7 Å². The summed E-state index contributed by atoms with van der Waals surface area (Å²) in [4.78, 5) is 38.2. The van der Waals surface area contributed by atoms with Crippen LogP contribution in [0.2, 0.25) is 0 Å². The van der Waals surface area contributed by atoms with E-state index in [-0.39, 0.29) is 37.7 Å². The van der Waals surface area contributed by atoms with E-state index in [1.165, 1.54) is 19.1 Å². The lowest BCUT2D eigenvalue weighted by Gasteiger charge is -2.29. The first-order valence-electron chi connectivity index (χ1n) is 9.08. The second-order valence-electron chi connectivity index (χ2n) is 6.45. The molecule has 1 fully saturated rings. The van der Waals surface area contributed by atoms with Crippen LogP contribution in [0.5, 0.6) is 0 Å². The standard InChI is InChI=1S/C18H22F4N4O4/c1-2-25(8-13(19)20)15(17(23)28)18(29)24-10-3-4-12(11(7-10)16(21)22)26-5-6-30-9-14(26)27/h3-4,7,13,15-16H,2,5-6,8-9H2,1H3,(H2,23,28)(H,24,29)/t15-/m1/s1. The molecule has 0 spiro atoms. The molecule has 0 aromatic heterocycles. The van der Waals surface area contributed by atoms with E-state index in [9.17, 15) is 31.9 Å². The third-order valence-electron chi connectivity index (χ3n) is 4.47. The predicted octanol–water partition coefficient (Wildman–Crippen LogP) is 1.37. The van der Waals surface area contributed by atoms with Crippen molar-refractivity contribution in [1.29, 1.82) is 0 Å². The van der Waals surface area contributed by atoms with Gasteiger partial charge in [-0.25, -0.2) is 17.6 Å². The summed E-state index contributed by atoms with van der Waals surface area (Å²) in [6.45, 7) is 0.577. The van der Waals surface area contributed by atoms with E-state index in [0.29, 0.717) is 0 Å². The molecule has 0 saturated carbocycles. The predicted molar refractivity (Wildman–Crippen MR) is 99.4 cm³/mol. The Bertz CT molecular complexity index is 793. The summed E-state index contributed by atoms with van der Waals surface area (Å²) < 4.78 is 57.6. The van der Waals surface area contributed by atoms with E-state index >= 15 is 0 Å². The number of hydrogen-bond acceptors (Lipinski definition) is 5. The molecule has 8 nitrogen and oxygen atoms in total. The van der Waals surface area contributed by atoms with Crippen LogP contribution in [0.1, 0.15) is 18.9 Å². The zero-order valence-electron chi connectivity index (χ0n) is 16.1. The lowest BCUT2D eigenvalue weighted by Crippen LogP contribution is -2.53. The summed E-state index contributed by atoms with van der Waals surface area (Å²) in [6.07, 6.45) is -5.78. The van der Waals surface area contributed by atoms with Gasteiger partial charge in [0, 0.05) is 17.8 Å². The van der Waals surface area contributed by atoms with E-state index < -0.39 is 48.7 Å². The van der Waals surface area contributed by atoms with Crippen LogP contribution >= 0.6 is 0 Å². The Kier molecular flexibility index (Phi) is 8.12. The Labute approximate surface area is 169 Å². The molecule has 166 valence electrons. The highest BCUT2D eigenvalue weighted by Gasteiger charge is 2.32. The Balaban J connectivity index is 2.28. The van der Waals surface area contributed by atoms with Crippen LogP contribution in [-0.2, 0) is 19.1 Å². The number of carbonyl (C=O) groups is 3. The zero-order valence-corrected chi connectivity index (χ0v) is 16.1. The number of nitrogens with two attached hydrogens (primary N) is 1. The molecule has 0 radical (unpaired) electrons. The van der Waals surface area contributed by atoms with Crippen LogP contribution in [0.4, 0.5) is 28.9 Å². The first-order valence-corrected chi connectivity index (χ1v) is 9.08. The van der Waals surface area contributed by atoms with Gasteiger partial charge < -0.3 is 20.7 Å². The highest BCUT2D eigenvalue weighted by molar-refractivity contribution is 6.09. The number of rotatable bonds is 9. The smallest absolute Gasteiger partial charge is 0.265 e. The maximum Gasteiger partial charge on any atom is 0.265 e. The number of morpholine rings is 1. The molecule has 2 rings (SSSR count). The van der Waals surface area contributed by atoms with Crippen molar-refractivity contribution in [1.82, 2.24) is 4.90 Å². The minimum Gasteiger partial charge on any atom is -0.370 e. The first kappa shape index (κ1) is 23.5. The van der Waals surface area contributed by atoms with Crippen molar-refractivity contribution in [2.45, 2.75) is 25.8 Å². The number of amides is 3. The van der Waals surface area contributed by atoms with Crippen LogP contribution in [0.15, 0.2) is 18.2 Å². The van der Waals surface area contributed by atoms with Crippen molar-refractivity contribution in [2.24, 2.45) is 5.73 Å². The van der Waals surface area contributed by atoms with Crippen LogP contribution in [0, 0.1) is 0 Å². The van der Waals surface area contributed by atoms with Gasteiger partial charge in [-0.2, -0.15) is 0 Å². The Morgan fingerprint density at radius 2 is 2.00 bits per heavy atom. The minimum absolute atomic E-state index is 0.0318. The van der Waals surface area contributed by atoms with Gasteiger partial charge in [-0.1, -0.05) is 6.92 Å². The van der Waals surface area contributed by atoms with Gasteiger partial charge in [-0.3, -0.25) is 19.3 Å². The van der Waals surface area contributed by atoms with Crippen LogP contribution in [0.3, 0.4) is 0 Å². The van der Waals surface area contributed by atoms with Crippen LogP contribution in [-0.4, -0.2) is 67.9 Å². The number of alkyl halides is 4. The molecular weight excluding hydrogens is 412 g/mol. The molecule has 0 bridgehead atoms. The van der Waals surface area contributed by atoms with E-state index in [2.05, 4.69) is 5.32 Å². The highest BCUT2D eigenvalue weighted by atomic mass is 19.3. The van der Waals surface area contributed by atoms with Gasteiger partial charge >= 0.3 is 0 Å². The van der Waals surface area contributed by atoms with Crippen molar-refractivity contribution < 1.29 is 36.7 Å². The Morgan fingerprint density at radius 3 is 2.53 bits per heavy atom. The normalized spacial score (nSPS) is 15.7. The van der Waals surface area contributed by atoms with Crippen molar-refractivity contribution in [2.75, 3.05) is 43.1 Å². The minimum atomic E-state index is -2.97. The number of carbonyl (C=O) groups excluding carboxylic acids is 3. The topological polar surface area (TPSA) is 105 Å². The summed E-state index contributed by atoms with van der Waals surface area (Å²) >= 11 is 0. The number of hydrogen-bond donors (Lipinski definition) is 2. The largest absolute Gasteiger partial charge is 0.370 e. The van der Waals surface area contributed by atoms with Gasteiger partial charge in [-0.15, -0.1) is 0 Å². The number of benzene rings is 1. The van der Waals surface area contributed by atoms with Crippen molar-refractivity contribution in [3.63, 3.8) is 0 Å². The number of anilines is 2. The van der Waals surface area contributed by atoms with Gasteiger partial charge in [0.15, 0.2) is 6.04 Å². The van der Waals surface area contributed by atoms with Gasteiger partial charge in [0.1, 0.15) is 6.61 Å². The number of nitrogens with one attached hydrogen (secondary N) is 1. The summed E-state index contributed by atoms with van der Waals surface area (Å²) in [7, 11) is 0. The van der Waals surface area contributed by atoms with Gasteiger partial charge in [0.2, 0.25) is 5.91 Å². The fourth-order valence-corrected chi connectivity index (χ4v) is 3.11. The summed E-state index contributed by atoms with van der Waals surface area (Å²) in [6, 6.07) is 1.75. The summed E-state index contributed by atoms with van der Waals surface area (Å²) in [5.74, 6) is -2.67. The Hall–Kier alpha value is -2.73. The van der Waals surface area contributed by atoms with Gasteiger partial charge in [0.05, 0.1) is 18.8 Å². The highest BCUT2D eigenvalue weighted by Crippen LogP contribution is 2.33. The van der Waals surface area contributed by atoms with Crippen molar-refractivity contribution in [3.05, 3.63) is 23.8 Å². The SMILES string of the molecule is CCN(CC(F)F)[C@H](C(N)=O)C(=O)Nc1ccc(N2CCOCC2=O)c(C(F)F)c1. The van der Waals surface area contributed by atoms with Crippen LogP contribution in [0.25, 0.3) is 0 Å². The molecule has 12 heteroatoms. The third kappa shape index (κ3) is 5.66. The fourth-order valence-electron chi connectivity index (χ4n) is 3.11. The summed E-state index contributed by atoms with van der Waals surface area (Å²) in [5, 5.41) is 2.26. The van der Waals surface area contributed by atoms with E-state index in [0.717, 1.165) is 15.9 Å². The molecule has 1 aromatic rings. The molecule has 1 heterocycles. The molecule has 1 aromatic carbocycles. The molecule has 1 atom stereocenters. The molecule has 0 aliphatic carbocycles. The first-order chi connectivity index (χ1) is 14.1. The van der Waals surface area contributed by atoms with Crippen LogP contribution < -0.4 is 16.0 Å². The van der Waals surface area contributed by atoms with Crippen molar-refractivity contribution in [3.8, 4) is 0 Å². The third-order valence-corrected chi connectivity index (χ3v) is 4.47. The lowest BCUT2D eigenvalue weighted by atomic mass is 10.1. The molecule has 1 aliphatic rings. The lowest BCUT2D eigenvalue weighted by molar-refractivity contribution is -0.133. The number of ether oxygens (including phenoxy) is 1. The number of nitrogens with zero attached hydrogens (tertiary/aromatic N) is 2. The van der Waals surface area contributed by atoms with E-state index in [1.807, 2.05) is 0 Å². The fraction of sp³-hybridized carbons (Fsp3) is 0.500. The zero-order chi connectivity index (χ0) is 22.4. The van der Waals surface area contributed by atoms with E-state index in [1.54, 1.807) is 0 Å². The second kappa shape index (κ2) is 10.3. The molecule has 3 N–H and O–H groups in total. The van der Waals surface area contributed by atoms with Crippen molar-refractivity contribution >= 4 is 29.1 Å². The summed E-state index contributed by atoms with van der Waals surface area (Å²) in [5.41, 5.74) is 4.55. The van der Waals surface area contributed by atoms with Gasteiger partial charge in [-0.05, 0) is 24.7 Å². The molecule has 3 amide bonds. The molecular formula is C18H22F4N4O4. The number of likely N-dealkylation sites (N-methyl/N-ethyl adjacent to an activating group) is 1. The quantitative estimate of drug-likeness (QED) is 0.451. The molecule has 1 saturated heterocycles. The Morgan fingerprint density at radius 1 is 1.30 bits per heavy atom.